The number of carbonyl (C=O) groups is 1. The van der Waals surface area contributed by atoms with E-state index in [2.05, 4.69) is 15.6 Å². The summed E-state index contributed by atoms with van der Waals surface area (Å²) >= 11 is 11.3. The molecule has 1 aromatic heterocycles. The summed E-state index contributed by atoms with van der Waals surface area (Å²) < 4.78 is 19.1. The van der Waals surface area contributed by atoms with E-state index in [1.165, 1.54) is 18.2 Å². The molecule has 150 valence electrons. The Morgan fingerprint density at radius 3 is 2.77 bits per heavy atom. The van der Waals surface area contributed by atoms with Gasteiger partial charge in [0, 0.05) is 21.8 Å². The lowest BCUT2D eigenvalue weighted by atomic mass is 10.1. The van der Waals surface area contributed by atoms with Crippen molar-refractivity contribution < 1.29 is 13.6 Å². The van der Waals surface area contributed by atoms with Gasteiger partial charge in [-0.1, -0.05) is 23.7 Å². The number of amides is 1. The van der Waals surface area contributed by atoms with Gasteiger partial charge in [0.25, 0.3) is 5.91 Å². The van der Waals surface area contributed by atoms with Crippen LogP contribution in [-0.2, 0) is 0 Å². The molecule has 0 fully saturated rings. The maximum atomic E-state index is 13.3. The van der Waals surface area contributed by atoms with E-state index >= 15 is 0 Å². The van der Waals surface area contributed by atoms with Crippen LogP contribution in [0.15, 0.2) is 65.1 Å². The van der Waals surface area contributed by atoms with Crippen LogP contribution in [0.5, 0.6) is 0 Å². The van der Waals surface area contributed by atoms with Gasteiger partial charge in [-0.25, -0.2) is 9.37 Å². The predicted molar refractivity (Wildman–Crippen MR) is 119 cm³/mol. The standard InChI is InChI=1S/C22H15ClFN3O2S/c1-12-5-6-14(21-25-18-11-15(23)7-8-19(18)29-21)10-17(12)26-22(30)27-20(28)13-3-2-4-16(24)9-13/h2-11H,1H3,(H2,26,27,28,30). The summed E-state index contributed by atoms with van der Waals surface area (Å²) in [6.07, 6.45) is 0. The second-order valence-corrected chi connectivity index (χ2v) is 7.42. The van der Waals surface area contributed by atoms with Crippen molar-refractivity contribution in [3.63, 3.8) is 0 Å². The Morgan fingerprint density at radius 2 is 1.97 bits per heavy atom. The number of benzene rings is 3. The molecule has 5 nitrogen and oxygen atoms in total. The fourth-order valence-electron chi connectivity index (χ4n) is 2.87. The topological polar surface area (TPSA) is 67.2 Å². The highest BCUT2D eigenvalue weighted by Gasteiger charge is 2.13. The third-order valence-electron chi connectivity index (χ3n) is 4.40. The van der Waals surface area contributed by atoms with E-state index in [4.69, 9.17) is 28.2 Å². The number of fused-ring (bicyclic) bond motifs is 1. The number of rotatable bonds is 3. The molecule has 0 spiro atoms. The lowest BCUT2D eigenvalue weighted by Gasteiger charge is -2.12. The number of nitrogens with zero attached hydrogens (tertiary/aromatic N) is 1. The summed E-state index contributed by atoms with van der Waals surface area (Å²) in [5.74, 6) is -0.564. The molecule has 8 heteroatoms. The second-order valence-electron chi connectivity index (χ2n) is 6.58. The van der Waals surface area contributed by atoms with E-state index < -0.39 is 11.7 Å². The Morgan fingerprint density at radius 1 is 1.13 bits per heavy atom. The van der Waals surface area contributed by atoms with E-state index in [1.54, 1.807) is 18.2 Å². The monoisotopic (exact) mass is 439 g/mol. The zero-order valence-corrected chi connectivity index (χ0v) is 17.3. The molecule has 2 N–H and O–H groups in total. The van der Waals surface area contributed by atoms with Gasteiger partial charge in [0.1, 0.15) is 11.3 Å². The minimum Gasteiger partial charge on any atom is -0.436 e. The molecule has 0 saturated heterocycles. The van der Waals surface area contributed by atoms with Gasteiger partial charge in [0.05, 0.1) is 0 Å². The Kier molecular flexibility index (Phi) is 5.48. The Balaban J connectivity index is 1.54. The molecule has 0 saturated carbocycles. The van der Waals surface area contributed by atoms with Crippen molar-refractivity contribution in [3.8, 4) is 11.5 Å². The average Bonchev–Trinajstić information content (AvgIpc) is 3.12. The molecule has 0 radical (unpaired) electrons. The first kappa shape index (κ1) is 20.0. The lowest BCUT2D eigenvalue weighted by Crippen LogP contribution is -2.34. The van der Waals surface area contributed by atoms with Crippen LogP contribution in [0.3, 0.4) is 0 Å². The summed E-state index contributed by atoms with van der Waals surface area (Å²) in [5.41, 5.74) is 3.77. The molecular weight excluding hydrogens is 425 g/mol. The highest BCUT2D eigenvalue weighted by molar-refractivity contribution is 7.80. The number of halogens is 2. The van der Waals surface area contributed by atoms with Gasteiger partial charge in [-0.15, -0.1) is 0 Å². The van der Waals surface area contributed by atoms with Crippen molar-refractivity contribution in [1.29, 1.82) is 0 Å². The van der Waals surface area contributed by atoms with E-state index in [-0.39, 0.29) is 10.7 Å². The molecule has 3 aromatic carbocycles. The van der Waals surface area contributed by atoms with E-state index in [0.717, 1.165) is 17.2 Å². The number of hydrogen-bond acceptors (Lipinski definition) is 4. The van der Waals surface area contributed by atoms with Gasteiger partial charge in [-0.3, -0.25) is 10.1 Å². The molecule has 0 bridgehead atoms. The van der Waals surface area contributed by atoms with Gasteiger partial charge in [0.15, 0.2) is 10.7 Å². The number of nitrogens with one attached hydrogen (secondary N) is 2. The van der Waals surface area contributed by atoms with Gasteiger partial charge >= 0.3 is 0 Å². The molecule has 1 amide bonds. The number of aromatic nitrogens is 1. The maximum Gasteiger partial charge on any atom is 0.257 e. The fraction of sp³-hybridized carbons (Fsp3) is 0.0455. The number of carbonyl (C=O) groups excluding carboxylic acids is 1. The van der Waals surface area contributed by atoms with E-state index in [0.29, 0.717) is 27.7 Å². The van der Waals surface area contributed by atoms with Crippen molar-refractivity contribution in [2.24, 2.45) is 0 Å². The van der Waals surface area contributed by atoms with Crippen LogP contribution in [0.1, 0.15) is 15.9 Å². The van der Waals surface area contributed by atoms with Crippen molar-refractivity contribution >= 4 is 51.6 Å². The van der Waals surface area contributed by atoms with Crippen LogP contribution < -0.4 is 10.6 Å². The fourth-order valence-corrected chi connectivity index (χ4v) is 3.24. The molecule has 4 aromatic rings. The van der Waals surface area contributed by atoms with Gasteiger partial charge in [-0.2, -0.15) is 0 Å². The number of aryl methyl sites for hydroxylation is 1. The van der Waals surface area contributed by atoms with Gasteiger partial charge in [-0.05, 0) is 73.2 Å². The van der Waals surface area contributed by atoms with Gasteiger partial charge < -0.3 is 9.73 Å². The summed E-state index contributed by atoms with van der Waals surface area (Å²) in [5, 5.41) is 6.21. The molecule has 4 rings (SSSR count). The number of anilines is 1. The largest absolute Gasteiger partial charge is 0.436 e. The minimum atomic E-state index is -0.503. The number of thiocarbonyl (C=S) groups is 1. The zero-order valence-electron chi connectivity index (χ0n) is 15.7. The highest BCUT2D eigenvalue weighted by atomic mass is 35.5. The van der Waals surface area contributed by atoms with Crippen LogP contribution in [0.2, 0.25) is 5.02 Å². The predicted octanol–water partition coefficient (Wildman–Crippen LogP) is 5.72. The average molecular weight is 440 g/mol. The Bertz CT molecular complexity index is 1290. The van der Waals surface area contributed by atoms with E-state index in [1.807, 2.05) is 25.1 Å². The van der Waals surface area contributed by atoms with Crippen LogP contribution >= 0.6 is 23.8 Å². The molecule has 30 heavy (non-hydrogen) atoms. The third kappa shape index (κ3) is 4.32. The van der Waals surface area contributed by atoms with Crippen molar-refractivity contribution in [1.82, 2.24) is 10.3 Å². The third-order valence-corrected chi connectivity index (χ3v) is 4.84. The quantitative estimate of drug-likeness (QED) is 0.399. The molecular formula is C22H15ClFN3O2S. The first-order chi connectivity index (χ1) is 14.4. The molecule has 0 aliphatic heterocycles. The first-order valence-corrected chi connectivity index (χ1v) is 9.73. The Labute approximate surface area is 181 Å². The van der Waals surface area contributed by atoms with Crippen LogP contribution in [-0.4, -0.2) is 16.0 Å². The summed E-state index contributed by atoms with van der Waals surface area (Å²) in [6.45, 7) is 1.90. The van der Waals surface area contributed by atoms with Crippen LogP contribution in [0, 0.1) is 12.7 Å². The SMILES string of the molecule is Cc1ccc(-c2nc3cc(Cl)ccc3o2)cc1NC(=S)NC(=O)c1cccc(F)c1. The summed E-state index contributed by atoms with van der Waals surface area (Å²) in [7, 11) is 0. The molecule has 0 aliphatic rings. The summed E-state index contributed by atoms with van der Waals surface area (Å²) in [4.78, 5) is 16.7. The molecule has 1 heterocycles. The lowest BCUT2D eigenvalue weighted by molar-refractivity contribution is 0.0977. The van der Waals surface area contributed by atoms with E-state index in [9.17, 15) is 9.18 Å². The minimum absolute atomic E-state index is 0.0915. The molecule has 0 unspecified atom stereocenters. The maximum absolute atomic E-state index is 13.3. The number of oxazole rings is 1. The van der Waals surface area contributed by atoms with Crippen LogP contribution in [0.25, 0.3) is 22.6 Å². The zero-order chi connectivity index (χ0) is 21.3. The smallest absolute Gasteiger partial charge is 0.257 e. The van der Waals surface area contributed by atoms with Crippen molar-refractivity contribution in [3.05, 3.63) is 82.6 Å². The second kappa shape index (κ2) is 8.22. The van der Waals surface area contributed by atoms with Crippen molar-refractivity contribution in [2.75, 3.05) is 5.32 Å². The highest BCUT2D eigenvalue weighted by Crippen LogP contribution is 2.29. The number of hydrogen-bond donors (Lipinski definition) is 2. The van der Waals surface area contributed by atoms with Crippen molar-refractivity contribution in [2.45, 2.75) is 6.92 Å². The van der Waals surface area contributed by atoms with Crippen LogP contribution in [0.4, 0.5) is 10.1 Å². The van der Waals surface area contributed by atoms with Gasteiger partial charge in [0.2, 0.25) is 5.89 Å². The first-order valence-electron chi connectivity index (χ1n) is 8.94. The normalized spacial score (nSPS) is 10.8. The Hall–Kier alpha value is -3.29. The summed E-state index contributed by atoms with van der Waals surface area (Å²) in [6, 6.07) is 16.2. The molecule has 0 aliphatic carbocycles. The molecule has 0 atom stereocenters.